The number of hydrogen-bond donors (Lipinski definition) is 6. The van der Waals surface area contributed by atoms with E-state index >= 15 is 0 Å². The lowest BCUT2D eigenvalue weighted by atomic mass is 9.96. The molecule has 10 atom stereocenters. The Hall–Kier alpha value is -2.56. The number of aromatic amines is 1. The highest BCUT2D eigenvalue weighted by molar-refractivity contribution is 8.07. The van der Waals surface area contributed by atoms with E-state index in [1.54, 1.807) is 11.5 Å². The number of nitrogens with zero attached hydrogens (tertiary/aromatic N) is 6. The second kappa shape index (κ2) is 11.8. The zero-order valence-electron chi connectivity index (χ0n) is 24.5. The lowest BCUT2D eigenvalue weighted by molar-refractivity contribution is -0.0428. The average Bonchev–Trinajstić information content (AvgIpc) is 3.76. The third-order valence-electron chi connectivity index (χ3n) is 8.59. The van der Waals surface area contributed by atoms with Gasteiger partial charge in [-0.3, -0.25) is 18.8 Å². The Morgan fingerprint density at radius 1 is 1.15 bits per heavy atom. The Balaban J connectivity index is 1.24. The minimum absolute atomic E-state index is 0.0268. The van der Waals surface area contributed by atoms with Gasteiger partial charge >= 0.3 is 14.5 Å². The second-order valence-corrected chi connectivity index (χ2v) is 16.5. The molecule has 3 fully saturated rings. The number of nitrogen functional groups attached to an aromatic ring is 2. The number of rotatable bonds is 3. The SMILES string of the molecule is CO[C@H]1[C@H]2OP(=O)(O)OC[C@H]3C[C@@](C)(n4cnc5c(N)ncnc54)[C@H](O)[C@@H]3OP(O)(=S)OC[C@H]1O[C@H]2c1snc2c(=O)[nH]c(N)nc12. The van der Waals surface area contributed by atoms with Crippen molar-refractivity contribution >= 4 is 71.8 Å². The van der Waals surface area contributed by atoms with E-state index in [2.05, 4.69) is 29.3 Å². The maximum absolute atomic E-state index is 13.5. The molecule has 7 rings (SSSR count). The van der Waals surface area contributed by atoms with Crippen LogP contribution in [0.2, 0.25) is 0 Å². The number of ether oxygens (including phenoxy) is 2. The van der Waals surface area contributed by atoms with Crippen LogP contribution < -0.4 is 17.0 Å². The molecule has 1 aliphatic carbocycles. The Morgan fingerprint density at radius 2 is 1.94 bits per heavy atom. The van der Waals surface area contributed by atoms with Gasteiger partial charge in [0.05, 0.1) is 30.0 Å². The molecule has 8 N–H and O–H groups in total. The molecule has 0 amide bonds. The summed E-state index contributed by atoms with van der Waals surface area (Å²) in [5.41, 5.74) is 10.6. The minimum atomic E-state index is -4.92. The van der Waals surface area contributed by atoms with E-state index in [1.165, 1.54) is 19.8 Å². The summed E-state index contributed by atoms with van der Waals surface area (Å²) in [7, 11) is -3.60. The third-order valence-corrected chi connectivity index (χ3v) is 12.0. The van der Waals surface area contributed by atoms with Crippen molar-refractivity contribution in [3.8, 4) is 0 Å². The van der Waals surface area contributed by atoms with Gasteiger partial charge in [0.25, 0.3) is 5.56 Å². The molecule has 254 valence electrons. The van der Waals surface area contributed by atoms with Crippen LogP contribution in [0.15, 0.2) is 17.4 Å². The zero-order chi connectivity index (χ0) is 33.5. The van der Waals surface area contributed by atoms with Crippen molar-refractivity contribution in [2.75, 3.05) is 31.8 Å². The third kappa shape index (κ3) is 5.70. The first-order chi connectivity index (χ1) is 22.2. The summed E-state index contributed by atoms with van der Waals surface area (Å²) in [6, 6.07) is 0. The number of anilines is 2. The summed E-state index contributed by atoms with van der Waals surface area (Å²) in [5, 5.41) is 11.7. The lowest BCUT2D eigenvalue weighted by Crippen LogP contribution is -2.43. The fourth-order valence-electron chi connectivity index (χ4n) is 6.41. The number of hydrogen-bond acceptors (Lipinski definition) is 18. The number of phosphoric acid groups is 1. The highest BCUT2D eigenvalue weighted by atomic mass is 32.5. The summed E-state index contributed by atoms with van der Waals surface area (Å²) in [4.78, 5) is 54.0. The first-order valence-electron chi connectivity index (χ1n) is 14.0. The molecule has 4 aromatic heterocycles. The topological polar surface area (TPSA) is 287 Å². The van der Waals surface area contributed by atoms with Gasteiger partial charge in [0, 0.05) is 13.0 Å². The maximum atomic E-state index is 13.5. The molecule has 47 heavy (non-hydrogen) atoms. The molecule has 2 aliphatic heterocycles. The van der Waals surface area contributed by atoms with Crippen molar-refractivity contribution in [1.29, 1.82) is 0 Å². The number of H-pyrrole nitrogens is 1. The Bertz CT molecular complexity index is 2010. The van der Waals surface area contributed by atoms with Crippen LogP contribution in [0.1, 0.15) is 24.3 Å². The predicted octanol–water partition coefficient (Wildman–Crippen LogP) is 0.0692. The quantitative estimate of drug-likeness (QED) is 0.152. The van der Waals surface area contributed by atoms with Gasteiger partial charge in [-0.05, 0) is 36.7 Å². The molecule has 0 spiro atoms. The average molecular weight is 734 g/mol. The molecule has 20 nitrogen and oxygen atoms in total. The molecule has 2 bridgehead atoms. The van der Waals surface area contributed by atoms with Gasteiger partial charge in [-0.25, -0.2) is 24.5 Å². The number of aromatic nitrogens is 7. The molecule has 1 saturated carbocycles. The van der Waals surface area contributed by atoms with Crippen LogP contribution >= 0.6 is 26.1 Å². The number of aliphatic hydroxyl groups is 1. The molecule has 3 aliphatic rings. The van der Waals surface area contributed by atoms with Crippen LogP contribution in [0.5, 0.6) is 0 Å². The summed E-state index contributed by atoms with van der Waals surface area (Å²) in [6.45, 7) is -3.34. The lowest BCUT2D eigenvalue weighted by Gasteiger charge is -2.32. The highest BCUT2D eigenvalue weighted by Gasteiger charge is 2.56. The first-order valence-corrected chi connectivity index (χ1v) is 18.8. The van der Waals surface area contributed by atoms with Crippen LogP contribution in [-0.2, 0) is 49.5 Å². The molecule has 0 radical (unpaired) electrons. The van der Waals surface area contributed by atoms with Gasteiger partial charge in [-0.15, -0.1) is 0 Å². The molecular weight excluding hydrogens is 704 g/mol. The van der Waals surface area contributed by atoms with Gasteiger partial charge in [-0.2, -0.15) is 4.37 Å². The Labute approximate surface area is 273 Å². The molecular formula is C23H29N9O11P2S2. The van der Waals surface area contributed by atoms with Crippen molar-refractivity contribution in [2.24, 2.45) is 5.92 Å². The van der Waals surface area contributed by atoms with E-state index in [0.717, 1.165) is 11.5 Å². The fraction of sp³-hybridized carbons (Fsp3) is 0.565. The van der Waals surface area contributed by atoms with Crippen LogP contribution in [0.3, 0.4) is 0 Å². The second-order valence-electron chi connectivity index (χ2n) is 11.5. The van der Waals surface area contributed by atoms with E-state index in [4.69, 9.17) is 50.8 Å². The highest BCUT2D eigenvalue weighted by Crippen LogP contribution is 2.57. The summed E-state index contributed by atoms with van der Waals surface area (Å²) in [5.74, 6) is -0.883. The zero-order valence-corrected chi connectivity index (χ0v) is 27.9. The van der Waals surface area contributed by atoms with E-state index in [1.807, 2.05) is 0 Å². The van der Waals surface area contributed by atoms with Gasteiger partial charge < -0.3 is 49.4 Å². The summed E-state index contributed by atoms with van der Waals surface area (Å²) in [6.07, 6.45) is -4.48. The number of nitrogens with one attached hydrogen (secondary N) is 1. The standard InChI is InChI=1S/C23H29N9O11P2S2/c1-23(32-7-28-12-19(24)26-6-27-20(12)32)3-8-4-39-44(35,36)42-15-14(38-2)9(5-40-45(37,46)43-13(8)18(23)33)41-16(15)17-10-11(31-47-17)21(34)30-22(25)29-10/h6-9,13-16,18,33H,3-5H2,1-2H3,(H,35,36)(H,37,46)(H2,24,26,27)(H3,25,29,30,34)/t8-,9-,13-,14-,15-,16-,18-,23-,45?/m1/s1. The minimum Gasteiger partial charge on any atom is -0.388 e. The molecule has 2 saturated heterocycles. The Morgan fingerprint density at radius 3 is 2.70 bits per heavy atom. The van der Waals surface area contributed by atoms with Crippen molar-refractivity contribution < 1.29 is 47.0 Å². The predicted molar refractivity (Wildman–Crippen MR) is 166 cm³/mol. The van der Waals surface area contributed by atoms with Gasteiger partial charge in [0.1, 0.15) is 54.0 Å². The number of nitrogens with two attached hydrogens (primary N) is 2. The fourth-order valence-corrected chi connectivity index (χ4v) is 9.74. The van der Waals surface area contributed by atoms with Gasteiger partial charge in [0.15, 0.2) is 17.0 Å². The summed E-state index contributed by atoms with van der Waals surface area (Å²) < 4.78 is 53.9. The first kappa shape index (κ1) is 33.0. The largest absolute Gasteiger partial charge is 0.472 e. The monoisotopic (exact) mass is 733 g/mol. The van der Waals surface area contributed by atoms with Gasteiger partial charge in [-0.1, -0.05) is 0 Å². The van der Waals surface area contributed by atoms with Crippen LogP contribution in [0.4, 0.5) is 11.8 Å². The van der Waals surface area contributed by atoms with Crippen LogP contribution in [0.25, 0.3) is 22.2 Å². The molecule has 4 aromatic rings. The number of imidazole rings is 1. The van der Waals surface area contributed by atoms with E-state index in [0.29, 0.717) is 11.2 Å². The maximum Gasteiger partial charge on any atom is 0.472 e. The molecule has 24 heteroatoms. The van der Waals surface area contributed by atoms with Crippen LogP contribution in [-0.4, -0.2) is 99.6 Å². The number of phosphoric ester groups is 1. The van der Waals surface area contributed by atoms with Crippen molar-refractivity contribution in [3.63, 3.8) is 0 Å². The molecule has 6 heterocycles. The smallest absolute Gasteiger partial charge is 0.388 e. The van der Waals surface area contributed by atoms with E-state index in [-0.39, 0.29) is 34.1 Å². The van der Waals surface area contributed by atoms with Crippen molar-refractivity contribution in [1.82, 2.24) is 33.9 Å². The van der Waals surface area contributed by atoms with E-state index in [9.17, 15) is 24.3 Å². The van der Waals surface area contributed by atoms with Crippen molar-refractivity contribution in [3.05, 3.63) is 27.9 Å². The molecule has 2 unspecified atom stereocenters. The Kier molecular flexibility index (Phi) is 8.27. The van der Waals surface area contributed by atoms with E-state index < -0.39 is 81.4 Å². The normalized spacial score (nSPS) is 38.2. The van der Waals surface area contributed by atoms with Crippen LogP contribution in [0, 0.1) is 5.92 Å². The van der Waals surface area contributed by atoms with Gasteiger partial charge in [0.2, 0.25) is 5.95 Å². The molecule has 0 aromatic carbocycles. The van der Waals surface area contributed by atoms with Crippen molar-refractivity contribution in [2.45, 2.75) is 55.5 Å². The summed E-state index contributed by atoms with van der Waals surface area (Å²) >= 11 is 6.20. The number of fused-ring (bicyclic) bond motifs is 5. The number of methoxy groups -OCH3 is 1. The number of aliphatic hydroxyl groups excluding tert-OH is 1.